The Balaban J connectivity index is 1.95. The summed E-state index contributed by atoms with van der Waals surface area (Å²) in [6.07, 6.45) is 3.80. The molecule has 0 aliphatic heterocycles. The number of nitrogens with one attached hydrogen (secondary N) is 1. The summed E-state index contributed by atoms with van der Waals surface area (Å²) in [5, 5.41) is 16.4. The molecule has 1 aliphatic rings. The highest BCUT2D eigenvalue weighted by Gasteiger charge is 2.26. The molecule has 2 heterocycles. The fourth-order valence-corrected chi connectivity index (χ4v) is 4.75. The predicted octanol–water partition coefficient (Wildman–Crippen LogP) is 3.95. The van der Waals surface area contributed by atoms with Gasteiger partial charge in [-0.05, 0) is 49.1 Å². The van der Waals surface area contributed by atoms with Gasteiger partial charge in [0, 0.05) is 10.3 Å². The SMILES string of the molecule is Cc1cscc1C(=O)Nc1sc2c(c1C(=O)O)CCCC2. The number of hydrogen-bond donors (Lipinski definition) is 2. The first kappa shape index (κ1) is 14.3. The Morgan fingerprint density at radius 3 is 2.67 bits per heavy atom. The Labute approximate surface area is 130 Å². The molecule has 2 aromatic heterocycles. The first-order chi connectivity index (χ1) is 10.1. The van der Waals surface area contributed by atoms with E-state index in [4.69, 9.17) is 0 Å². The maximum absolute atomic E-state index is 12.3. The number of rotatable bonds is 3. The Hall–Kier alpha value is -1.66. The number of carboxylic acid groups (broad SMARTS) is 1. The average molecular weight is 321 g/mol. The van der Waals surface area contributed by atoms with Gasteiger partial charge in [0.2, 0.25) is 0 Å². The smallest absolute Gasteiger partial charge is 0.339 e. The molecule has 0 spiro atoms. The van der Waals surface area contributed by atoms with Crippen LogP contribution in [0.15, 0.2) is 10.8 Å². The third-order valence-electron chi connectivity index (χ3n) is 3.71. The summed E-state index contributed by atoms with van der Waals surface area (Å²) in [7, 11) is 0. The number of anilines is 1. The molecule has 0 saturated carbocycles. The van der Waals surface area contributed by atoms with Crippen molar-refractivity contribution < 1.29 is 14.7 Å². The van der Waals surface area contributed by atoms with Crippen molar-refractivity contribution in [2.45, 2.75) is 32.6 Å². The molecule has 2 N–H and O–H groups in total. The van der Waals surface area contributed by atoms with Crippen molar-refractivity contribution in [2.24, 2.45) is 0 Å². The molecule has 4 nitrogen and oxygen atoms in total. The number of hydrogen-bond acceptors (Lipinski definition) is 4. The zero-order valence-corrected chi connectivity index (χ0v) is 13.2. The van der Waals surface area contributed by atoms with Gasteiger partial charge < -0.3 is 10.4 Å². The lowest BCUT2D eigenvalue weighted by Crippen LogP contribution is -2.14. The van der Waals surface area contributed by atoms with Crippen molar-refractivity contribution in [1.82, 2.24) is 0 Å². The summed E-state index contributed by atoms with van der Waals surface area (Å²) in [4.78, 5) is 24.9. The third-order valence-corrected chi connectivity index (χ3v) is 5.78. The van der Waals surface area contributed by atoms with Gasteiger partial charge in [-0.1, -0.05) is 0 Å². The minimum Gasteiger partial charge on any atom is -0.478 e. The number of aromatic carboxylic acids is 1. The lowest BCUT2D eigenvalue weighted by molar-refractivity contribution is 0.0697. The Morgan fingerprint density at radius 1 is 1.24 bits per heavy atom. The minimum atomic E-state index is -0.952. The fourth-order valence-electron chi connectivity index (χ4n) is 2.64. The summed E-state index contributed by atoms with van der Waals surface area (Å²) in [5.41, 5.74) is 2.73. The van der Waals surface area contributed by atoms with E-state index in [-0.39, 0.29) is 11.5 Å². The molecule has 0 saturated heterocycles. The molecule has 1 amide bonds. The largest absolute Gasteiger partial charge is 0.478 e. The van der Waals surface area contributed by atoms with Crippen molar-refractivity contribution in [3.8, 4) is 0 Å². The molecule has 0 unspecified atom stereocenters. The van der Waals surface area contributed by atoms with E-state index >= 15 is 0 Å². The van der Waals surface area contributed by atoms with Crippen LogP contribution >= 0.6 is 22.7 Å². The Morgan fingerprint density at radius 2 is 2.00 bits per heavy atom. The number of carboxylic acids is 1. The van der Waals surface area contributed by atoms with Crippen molar-refractivity contribution in [3.05, 3.63) is 37.9 Å². The van der Waals surface area contributed by atoms with Gasteiger partial charge in [-0.3, -0.25) is 4.79 Å². The fraction of sp³-hybridized carbons (Fsp3) is 0.333. The lowest BCUT2D eigenvalue weighted by atomic mass is 9.95. The Kier molecular flexibility index (Phi) is 3.82. The van der Waals surface area contributed by atoms with E-state index in [1.54, 1.807) is 5.38 Å². The third kappa shape index (κ3) is 2.61. The standard InChI is InChI=1S/C15H15NO3S2/c1-8-6-20-7-10(8)13(17)16-14-12(15(18)19)9-4-2-3-5-11(9)21-14/h6-7H,2-5H2,1H3,(H,16,17)(H,18,19). The zero-order valence-electron chi connectivity index (χ0n) is 11.6. The van der Waals surface area contributed by atoms with Crippen LogP contribution < -0.4 is 5.32 Å². The van der Waals surface area contributed by atoms with E-state index in [0.717, 1.165) is 41.7 Å². The van der Waals surface area contributed by atoms with E-state index in [0.29, 0.717) is 10.6 Å². The molecule has 0 aromatic carbocycles. The summed E-state index contributed by atoms with van der Waals surface area (Å²) >= 11 is 2.88. The van der Waals surface area contributed by atoms with Gasteiger partial charge in [0.25, 0.3) is 5.91 Å². The number of aryl methyl sites for hydroxylation is 2. The summed E-state index contributed by atoms with van der Waals surface area (Å²) in [6.45, 7) is 1.88. The quantitative estimate of drug-likeness (QED) is 0.899. The van der Waals surface area contributed by atoms with E-state index in [1.807, 2.05) is 12.3 Å². The second-order valence-corrected chi connectivity index (χ2v) is 6.99. The van der Waals surface area contributed by atoms with Crippen molar-refractivity contribution in [1.29, 1.82) is 0 Å². The molecule has 21 heavy (non-hydrogen) atoms. The van der Waals surface area contributed by atoms with Crippen LogP contribution in [0.25, 0.3) is 0 Å². The zero-order chi connectivity index (χ0) is 15.0. The molecule has 0 bridgehead atoms. The van der Waals surface area contributed by atoms with Gasteiger partial charge in [-0.15, -0.1) is 11.3 Å². The number of thiophene rings is 2. The second-order valence-electron chi connectivity index (χ2n) is 5.14. The van der Waals surface area contributed by atoms with Gasteiger partial charge >= 0.3 is 5.97 Å². The highest BCUT2D eigenvalue weighted by atomic mass is 32.1. The van der Waals surface area contributed by atoms with Crippen LogP contribution in [0.3, 0.4) is 0 Å². The molecule has 0 atom stereocenters. The van der Waals surface area contributed by atoms with Gasteiger partial charge in [0.1, 0.15) is 5.00 Å². The highest BCUT2D eigenvalue weighted by molar-refractivity contribution is 7.17. The molecule has 3 rings (SSSR count). The van der Waals surface area contributed by atoms with E-state index in [1.165, 1.54) is 22.7 Å². The van der Waals surface area contributed by atoms with Crippen LogP contribution in [-0.2, 0) is 12.8 Å². The normalized spacial score (nSPS) is 13.8. The van der Waals surface area contributed by atoms with Crippen LogP contribution in [0, 0.1) is 6.92 Å². The first-order valence-electron chi connectivity index (χ1n) is 6.80. The molecule has 1 aliphatic carbocycles. The van der Waals surface area contributed by atoms with Crippen LogP contribution in [0.1, 0.15) is 49.6 Å². The highest BCUT2D eigenvalue weighted by Crippen LogP contribution is 2.38. The summed E-state index contributed by atoms with van der Waals surface area (Å²) in [5.74, 6) is -1.18. The predicted molar refractivity (Wildman–Crippen MR) is 84.9 cm³/mol. The minimum absolute atomic E-state index is 0.227. The van der Waals surface area contributed by atoms with E-state index < -0.39 is 5.97 Å². The topological polar surface area (TPSA) is 66.4 Å². The van der Waals surface area contributed by atoms with E-state index in [9.17, 15) is 14.7 Å². The van der Waals surface area contributed by atoms with Crippen molar-refractivity contribution in [2.75, 3.05) is 5.32 Å². The van der Waals surface area contributed by atoms with Crippen molar-refractivity contribution >= 4 is 39.6 Å². The maximum atomic E-state index is 12.3. The van der Waals surface area contributed by atoms with Crippen LogP contribution in [0.4, 0.5) is 5.00 Å². The van der Waals surface area contributed by atoms with Gasteiger partial charge in [-0.2, -0.15) is 11.3 Å². The van der Waals surface area contributed by atoms with Gasteiger partial charge in [0.05, 0.1) is 11.1 Å². The van der Waals surface area contributed by atoms with Gasteiger partial charge in [0.15, 0.2) is 0 Å². The number of carbonyl (C=O) groups is 2. The summed E-state index contributed by atoms with van der Waals surface area (Å²) in [6, 6.07) is 0. The average Bonchev–Trinajstić information content (AvgIpc) is 3.01. The molecule has 6 heteroatoms. The lowest BCUT2D eigenvalue weighted by Gasteiger charge is -2.10. The molecule has 0 fully saturated rings. The van der Waals surface area contributed by atoms with Crippen LogP contribution in [0.2, 0.25) is 0 Å². The number of carbonyl (C=O) groups excluding carboxylic acids is 1. The molecule has 0 radical (unpaired) electrons. The van der Waals surface area contributed by atoms with Gasteiger partial charge in [-0.25, -0.2) is 4.79 Å². The van der Waals surface area contributed by atoms with E-state index in [2.05, 4.69) is 5.32 Å². The molecular formula is C15H15NO3S2. The van der Waals surface area contributed by atoms with Crippen LogP contribution in [-0.4, -0.2) is 17.0 Å². The second kappa shape index (κ2) is 5.61. The molecule has 110 valence electrons. The number of amides is 1. The van der Waals surface area contributed by atoms with Crippen LogP contribution in [0.5, 0.6) is 0 Å². The van der Waals surface area contributed by atoms with Crippen molar-refractivity contribution in [3.63, 3.8) is 0 Å². The summed E-state index contributed by atoms with van der Waals surface area (Å²) < 4.78 is 0. The molecule has 2 aromatic rings. The maximum Gasteiger partial charge on any atom is 0.339 e. The first-order valence-corrected chi connectivity index (χ1v) is 8.56. The number of fused-ring (bicyclic) bond motifs is 1. The monoisotopic (exact) mass is 321 g/mol. The Bertz CT molecular complexity index is 715. The molecular weight excluding hydrogens is 306 g/mol.